The van der Waals surface area contributed by atoms with Crippen LogP contribution in [0.5, 0.6) is 0 Å². The molecule has 0 aliphatic heterocycles. The highest BCUT2D eigenvalue weighted by Gasteiger charge is 2.21. The fraction of sp³-hybridized carbons (Fsp3) is 0.182. The monoisotopic (exact) mass is 450 g/mol. The van der Waals surface area contributed by atoms with Crippen LogP contribution in [0.3, 0.4) is 0 Å². The van der Waals surface area contributed by atoms with Crippen molar-refractivity contribution < 1.29 is 13.2 Å². The number of imidazole rings is 1. The third-order valence-corrected chi connectivity index (χ3v) is 6.12. The Balaban J connectivity index is 1.54. The lowest BCUT2D eigenvalue weighted by atomic mass is 10.2. The maximum Gasteiger partial charge on any atom is 0.264 e. The van der Waals surface area contributed by atoms with Crippen LogP contribution in [0.25, 0.3) is 11.0 Å². The summed E-state index contributed by atoms with van der Waals surface area (Å²) in [4.78, 5) is 28.2. The van der Waals surface area contributed by atoms with Crippen molar-refractivity contribution in [1.29, 1.82) is 0 Å². The molecule has 4 rings (SSSR count). The van der Waals surface area contributed by atoms with E-state index in [4.69, 9.17) is 0 Å². The number of para-hydroxylation sites is 2. The van der Waals surface area contributed by atoms with Crippen molar-refractivity contribution >= 4 is 38.5 Å². The third-order valence-electron chi connectivity index (χ3n) is 4.77. The van der Waals surface area contributed by atoms with Gasteiger partial charge in [-0.1, -0.05) is 12.1 Å². The molecule has 0 amide bonds. The number of carbonyl (C=O) groups is 1. The molecule has 0 saturated carbocycles. The number of hydrogen-bond acceptors (Lipinski definition) is 7. The van der Waals surface area contributed by atoms with Crippen molar-refractivity contribution in [3.8, 4) is 0 Å². The lowest BCUT2D eigenvalue weighted by Crippen LogP contribution is -2.20. The van der Waals surface area contributed by atoms with Crippen molar-refractivity contribution in [2.45, 2.75) is 31.7 Å². The SMILES string of the molecule is CC(=O)C(Nc1ccc(S(=O)(=O)Nc2nc(C)cc(C)n2)cc1)c1nc2ccccc2[nH]1. The van der Waals surface area contributed by atoms with E-state index in [1.54, 1.807) is 32.0 Å². The van der Waals surface area contributed by atoms with Crippen molar-refractivity contribution in [1.82, 2.24) is 19.9 Å². The molecule has 32 heavy (non-hydrogen) atoms. The number of aromatic amines is 1. The number of rotatable bonds is 7. The molecule has 2 aromatic carbocycles. The summed E-state index contributed by atoms with van der Waals surface area (Å²) in [5.74, 6) is 0.379. The van der Waals surface area contributed by atoms with Gasteiger partial charge in [-0.05, 0) is 63.2 Å². The highest BCUT2D eigenvalue weighted by molar-refractivity contribution is 7.92. The van der Waals surface area contributed by atoms with E-state index >= 15 is 0 Å². The summed E-state index contributed by atoms with van der Waals surface area (Å²) in [5.41, 5.74) is 3.49. The van der Waals surface area contributed by atoms with Crippen LogP contribution in [0, 0.1) is 13.8 Å². The topological polar surface area (TPSA) is 130 Å². The first-order chi connectivity index (χ1) is 15.2. The van der Waals surface area contributed by atoms with Gasteiger partial charge >= 0.3 is 0 Å². The van der Waals surface area contributed by atoms with Gasteiger partial charge in [0.1, 0.15) is 11.9 Å². The van der Waals surface area contributed by atoms with Crippen molar-refractivity contribution in [3.05, 3.63) is 71.8 Å². The Labute approximate surface area is 185 Å². The van der Waals surface area contributed by atoms with Crippen LogP contribution in [0.4, 0.5) is 11.6 Å². The number of carbonyl (C=O) groups excluding carboxylic acids is 1. The normalized spacial score (nSPS) is 12.5. The van der Waals surface area contributed by atoms with Crippen LogP contribution in [0.15, 0.2) is 59.5 Å². The van der Waals surface area contributed by atoms with Gasteiger partial charge in [0.2, 0.25) is 5.95 Å². The standard InChI is InChI=1S/C22H22N6O3S/c1-13-12-14(2)24-22(23-13)28-32(30,31)17-10-8-16(9-11-17)25-20(15(3)29)21-26-18-6-4-5-7-19(18)27-21/h4-12,20,25H,1-3H3,(H,26,27)(H,23,24,28). The van der Waals surface area contributed by atoms with Gasteiger partial charge in [0, 0.05) is 17.1 Å². The first-order valence-electron chi connectivity index (χ1n) is 9.88. The van der Waals surface area contributed by atoms with Crippen molar-refractivity contribution in [2.24, 2.45) is 0 Å². The lowest BCUT2D eigenvalue weighted by Gasteiger charge is -2.15. The predicted octanol–water partition coefficient (Wildman–Crippen LogP) is 3.51. The molecule has 0 aliphatic carbocycles. The molecule has 3 N–H and O–H groups in total. The predicted molar refractivity (Wildman–Crippen MR) is 122 cm³/mol. The molecule has 0 bridgehead atoms. The van der Waals surface area contributed by atoms with E-state index in [9.17, 15) is 13.2 Å². The first-order valence-corrected chi connectivity index (χ1v) is 11.4. The van der Waals surface area contributed by atoms with Crippen LogP contribution in [0.1, 0.15) is 30.2 Å². The summed E-state index contributed by atoms with van der Waals surface area (Å²) in [7, 11) is -3.87. The number of hydrogen-bond donors (Lipinski definition) is 3. The van der Waals surface area contributed by atoms with Crippen LogP contribution < -0.4 is 10.0 Å². The Hall–Kier alpha value is -3.79. The third kappa shape index (κ3) is 4.59. The summed E-state index contributed by atoms with van der Waals surface area (Å²) in [6.07, 6.45) is 0. The second-order valence-electron chi connectivity index (χ2n) is 7.43. The average molecular weight is 451 g/mol. The average Bonchev–Trinajstić information content (AvgIpc) is 3.14. The van der Waals surface area contributed by atoms with Crippen LogP contribution in [-0.2, 0) is 14.8 Å². The fourth-order valence-corrected chi connectivity index (χ4v) is 4.26. The smallest absolute Gasteiger partial charge is 0.264 e. The zero-order valence-electron chi connectivity index (χ0n) is 17.7. The minimum Gasteiger partial charge on any atom is -0.369 e. The largest absolute Gasteiger partial charge is 0.369 e. The number of anilines is 2. The molecular formula is C22H22N6O3S. The Morgan fingerprint density at radius 3 is 2.25 bits per heavy atom. The summed E-state index contributed by atoms with van der Waals surface area (Å²) in [6, 6.07) is 14.6. The van der Waals surface area contributed by atoms with E-state index in [-0.39, 0.29) is 16.6 Å². The molecule has 2 heterocycles. The number of sulfonamides is 1. The number of aromatic nitrogens is 4. The summed E-state index contributed by atoms with van der Waals surface area (Å²) in [6.45, 7) is 5.00. The van der Waals surface area contributed by atoms with Gasteiger partial charge < -0.3 is 10.3 Å². The Morgan fingerprint density at radius 1 is 0.969 bits per heavy atom. The minimum absolute atomic E-state index is 0.0197. The van der Waals surface area contributed by atoms with Gasteiger partial charge in [0.15, 0.2) is 5.78 Å². The van der Waals surface area contributed by atoms with Gasteiger partial charge in [-0.25, -0.2) is 28.1 Å². The molecule has 164 valence electrons. The molecule has 1 atom stereocenters. The Morgan fingerprint density at radius 2 is 1.62 bits per heavy atom. The van der Waals surface area contributed by atoms with E-state index in [0.717, 1.165) is 11.0 Å². The quantitative estimate of drug-likeness (QED) is 0.393. The number of fused-ring (bicyclic) bond motifs is 1. The molecule has 0 fully saturated rings. The van der Waals surface area contributed by atoms with Crippen molar-refractivity contribution in [2.75, 3.05) is 10.0 Å². The molecule has 4 aromatic rings. The van der Waals surface area contributed by atoms with Gasteiger partial charge in [0.25, 0.3) is 10.0 Å². The maximum atomic E-state index is 12.7. The highest BCUT2D eigenvalue weighted by atomic mass is 32.2. The number of nitrogens with one attached hydrogen (secondary N) is 3. The number of benzene rings is 2. The lowest BCUT2D eigenvalue weighted by molar-refractivity contribution is -0.117. The van der Waals surface area contributed by atoms with Gasteiger partial charge in [-0.2, -0.15) is 0 Å². The molecule has 9 nitrogen and oxygen atoms in total. The van der Waals surface area contributed by atoms with Crippen LogP contribution in [-0.4, -0.2) is 34.1 Å². The molecule has 1 unspecified atom stereocenters. The highest BCUT2D eigenvalue weighted by Crippen LogP contribution is 2.23. The molecular weight excluding hydrogens is 428 g/mol. The first kappa shape index (κ1) is 21.4. The number of nitrogens with zero attached hydrogens (tertiary/aromatic N) is 3. The Bertz CT molecular complexity index is 1340. The molecule has 0 spiro atoms. The van der Waals surface area contributed by atoms with E-state index in [1.807, 2.05) is 24.3 Å². The summed E-state index contributed by atoms with van der Waals surface area (Å²) < 4.78 is 27.8. The fourth-order valence-electron chi connectivity index (χ4n) is 3.32. The zero-order valence-corrected chi connectivity index (χ0v) is 18.6. The number of H-pyrrole nitrogens is 1. The number of Topliss-reactive ketones (excluding diaryl/α,β-unsaturated/α-hetero) is 1. The Kier molecular flexibility index (Phi) is 5.62. The van der Waals surface area contributed by atoms with E-state index < -0.39 is 16.1 Å². The molecule has 0 saturated heterocycles. The van der Waals surface area contributed by atoms with Gasteiger partial charge in [-0.3, -0.25) is 4.79 Å². The van der Waals surface area contributed by atoms with Gasteiger partial charge in [0.05, 0.1) is 15.9 Å². The van der Waals surface area contributed by atoms with E-state index in [1.165, 1.54) is 19.1 Å². The molecule has 10 heteroatoms. The van der Waals surface area contributed by atoms with E-state index in [0.29, 0.717) is 22.9 Å². The van der Waals surface area contributed by atoms with Crippen molar-refractivity contribution in [3.63, 3.8) is 0 Å². The van der Waals surface area contributed by atoms with E-state index in [2.05, 4.69) is 30.0 Å². The van der Waals surface area contributed by atoms with Crippen LogP contribution >= 0.6 is 0 Å². The summed E-state index contributed by atoms with van der Waals surface area (Å²) in [5, 5.41) is 3.12. The second-order valence-corrected chi connectivity index (χ2v) is 9.11. The summed E-state index contributed by atoms with van der Waals surface area (Å²) >= 11 is 0. The maximum absolute atomic E-state index is 12.7. The molecule has 0 aliphatic rings. The minimum atomic E-state index is -3.87. The molecule has 0 radical (unpaired) electrons. The molecule has 2 aromatic heterocycles. The number of aryl methyl sites for hydroxylation is 2. The van der Waals surface area contributed by atoms with Crippen LogP contribution in [0.2, 0.25) is 0 Å². The zero-order chi connectivity index (χ0) is 22.9. The number of ketones is 1. The van der Waals surface area contributed by atoms with Gasteiger partial charge in [-0.15, -0.1) is 0 Å². The second kappa shape index (κ2) is 8.39.